The molecule has 0 bridgehead atoms. The van der Waals surface area contributed by atoms with Gasteiger partial charge in [-0.1, -0.05) is 31.0 Å². The number of aryl methyl sites for hydroxylation is 1. The topological polar surface area (TPSA) is 91.2 Å². The van der Waals surface area contributed by atoms with Gasteiger partial charge in [0.15, 0.2) is 10.3 Å². The van der Waals surface area contributed by atoms with E-state index in [4.69, 9.17) is 9.47 Å². The number of thiazole rings is 1. The first kappa shape index (κ1) is 22.6. The van der Waals surface area contributed by atoms with Crippen LogP contribution in [0.4, 0.5) is 5.13 Å². The van der Waals surface area contributed by atoms with Crippen LogP contribution in [0.5, 0.6) is 11.5 Å². The van der Waals surface area contributed by atoms with Crippen LogP contribution in [0.25, 0.3) is 11.3 Å². The molecule has 1 N–H and O–H groups in total. The third kappa shape index (κ3) is 5.07. The number of thioether (sulfide) groups is 1. The number of nitrogens with zero attached hydrogens (tertiary/aromatic N) is 4. The maximum absolute atomic E-state index is 12.6. The van der Waals surface area contributed by atoms with E-state index < -0.39 is 0 Å². The minimum atomic E-state index is -0.121. The standard InChI is InChI=1S/C22H27N5O3S2/c1-14-25-26-22(27(14)15-7-5-4-6-8-15)32-13-20(28)24-21-23-18(12-31-21)17-11-16(29-2)9-10-19(17)30-3/h9-12,15H,4-8,13H2,1-3H3,(H,23,24,28). The lowest BCUT2D eigenvalue weighted by molar-refractivity contribution is -0.113. The summed E-state index contributed by atoms with van der Waals surface area (Å²) in [5.41, 5.74) is 1.54. The molecule has 1 aliphatic rings. The molecule has 10 heteroatoms. The van der Waals surface area contributed by atoms with E-state index >= 15 is 0 Å². The third-order valence-electron chi connectivity index (χ3n) is 5.54. The van der Waals surface area contributed by atoms with Gasteiger partial charge in [-0.15, -0.1) is 21.5 Å². The summed E-state index contributed by atoms with van der Waals surface area (Å²) in [4.78, 5) is 17.1. The molecule has 1 aromatic carbocycles. The van der Waals surface area contributed by atoms with Crippen molar-refractivity contribution in [3.8, 4) is 22.8 Å². The van der Waals surface area contributed by atoms with Crippen molar-refractivity contribution in [1.29, 1.82) is 0 Å². The first-order valence-electron chi connectivity index (χ1n) is 10.6. The molecule has 0 aliphatic heterocycles. The van der Waals surface area contributed by atoms with Crippen LogP contribution in [-0.4, -0.2) is 45.6 Å². The Morgan fingerprint density at radius 3 is 2.78 bits per heavy atom. The van der Waals surface area contributed by atoms with E-state index in [0.717, 1.165) is 35.1 Å². The molecule has 1 aliphatic carbocycles. The van der Waals surface area contributed by atoms with Gasteiger partial charge < -0.3 is 19.4 Å². The summed E-state index contributed by atoms with van der Waals surface area (Å²) in [6.07, 6.45) is 6.05. The summed E-state index contributed by atoms with van der Waals surface area (Å²) in [7, 11) is 3.23. The number of benzene rings is 1. The minimum Gasteiger partial charge on any atom is -0.497 e. The van der Waals surface area contributed by atoms with E-state index in [9.17, 15) is 4.79 Å². The average molecular weight is 474 g/mol. The van der Waals surface area contributed by atoms with Crippen LogP contribution in [-0.2, 0) is 4.79 Å². The van der Waals surface area contributed by atoms with Gasteiger partial charge in [-0.25, -0.2) is 4.98 Å². The Morgan fingerprint density at radius 2 is 2.03 bits per heavy atom. The molecule has 2 aromatic heterocycles. The smallest absolute Gasteiger partial charge is 0.236 e. The molecule has 4 rings (SSSR count). The van der Waals surface area contributed by atoms with E-state index in [2.05, 4.69) is 25.1 Å². The lowest BCUT2D eigenvalue weighted by atomic mass is 9.95. The molecule has 8 nitrogen and oxygen atoms in total. The zero-order valence-electron chi connectivity index (χ0n) is 18.5. The van der Waals surface area contributed by atoms with Crippen LogP contribution in [0.3, 0.4) is 0 Å². The van der Waals surface area contributed by atoms with Gasteiger partial charge in [0.25, 0.3) is 0 Å². The van der Waals surface area contributed by atoms with Crippen molar-refractivity contribution >= 4 is 34.1 Å². The van der Waals surface area contributed by atoms with Gasteiger partial charge in [0.2, 0.25) is 5.91 Å². The maximum atomic E-state index is 12.6. The first-order chi connectivity index (χ1) is 15.6. The van der Waals surface area contributed by atoms with E-state index in [1.54, 1.807) is 14.2 Å². The maximum Gasteiger partial charge on any atom is 0.236 e. The van der Waals surface area contributed by atoms with Crippen molar-refractivity contribution in [2.24, 2.45) is 0 Å². The lowest BCUT2D eigenvalue weighted by Gasteiger charge is -2.24. The van der Waals surface area contributed by atoms with Crippen molar-refractivity contribution in [2.45, 2.75) is 50.2 Å². The molecule has 1 saturated carbocycles. The number of nitrogens with one attached hydrogen (secondary N) is 1. The molecule has 0 atom stereocenters. The molecule has 0 radical (unpaired) electrons. The number of carbonyl (C=O) groups is 1. The Labute approximate surface area is 195 Å². The van der Waals surface area contributed by atoms with Gasteiger partial charge >= 0.3 is 0 Å². The monoisotopic (exact) mass is 473 g/mol. The molecule has 170 valence electrons. The second-order valence-electron chi connectivity index (χ2n) is 7.63. The normalized spacial score (nSPS) is 14.3. The summed E-state index contributed by atoms with van der Waals surface area (Å²) in [5, 5.41) is 14.7. The first-order valence-corrected chi connectivity index (χ1v) is 12.5. The second-order valence-corrected chi connectivity index (χ2v) is 9.43. The van der Waals surface area contributed by atoms with E-state index in [0.29, 0.717) is 22.7 Å². The number of hydrogen-bond donors (Lipinski definition) is 1. The number of methoxy groups -OCH3 is 2. The number of ether oxygens (including phenoxy) is 2. The van der Waals surface area contributed by atoms with Crippen molar-refractivity contribution < 1.29 is 14.3 Å². The van der Waals surface area contributed by atoms with Crippen LogP contribution in [0.1, 0.15) is 44.0 Å². The van der Waals surface area contributed by atoms with Crippen LogP contribution in [0.2, 0.25) is 0 Å². The van der Waals surface area contributed by atoms with Crippen molar-refractivity contribution in [1.82, 2.24) is 19.7 Å². The largest absolute Gasteiger partial charge is 0.497 e. The molecule has 0 unspecified atom stereocenters. The van der Waals surface area contributed by atoms with Gasteiger partial charge in [0.05, 0.1) is 25.7 Å². The molecular formula is C22H27N5O3S2. The average Bonchev–Trinajstić information content (AvgIpc) is 3.44. The highest BCUT2D eigenvalue weighted by Gasteiger charge is 2.22. The molecule has 1 fully saturated rings. The van der Waals surface area contributed by atoms with Crippen LogP contribution in [0, 0.1) is 6.92 Å². The fraction of sp³-hybridized carbons (Fsp3) is 0.455. The highest BCUT2D eigenvalue weighted by atomic mass is 32.2. The number of anilines is 1. The van der Waals surface area contributed by atoms with Gasteiger partial charge in [0.1, 0.15) is 17.3 Å². The van der Waals surface area contributed by atoms with Crippen LogP contribution < -0.4 is 14.8 Å². The zero-order chi connectivity index (χ0) is 22.5. The number of hydrogen-bond acceptors (Lipinski definition) is 8. The molecule has 2 heterocycles. The number of rotatable bonds is 8. The van der Waals surface area contributed by atoms with Gasteiger partial charge in [-0.2, -0.15) is 0 Å². The molecular weight excluding hydrogens is 446 g/mol. The Hall–Kier alpha value is -2.59. The van der Waals surface area contributed by atoms with E-state index in [1.165, 1.54) is 42.4 Å². The Morgan fingerprint density at radius 1 is 1.22 bits per heavy atom. The van der Waals surface area contributed by atoms with Crippen LogP contribution in [0.15, 0.2) is 28.7 Å². The van der Waals surface area contributed by atoms with Crippen molar-refractivity contribution in [2.75, 3.05) is 25.3 Å². The SMILES string of the molecule is COc1ccc(OC)c(-c2csc(NC(=O)CSc3nnc(C)n3C3CCCCC3)n2)c1. The Bertz CT molecular complexity index is 1080. The summed E-state index contributed by atoms with van der Waals surface area (Å²) in [5.74, 6) is 2.46. The Balaban J connectivity index is 1.40. The predicted octanol–water partition coefficient (Wildman–Crippen LogP) is 4.96. The van der Waals surface area contributed by atoms with E-state index in [-0.39, 0.29) is 11.7 Å². The lowest BCUT2D eigenvalue weighted by Crippen LogP contribution is -2.17. The van der Waals surface area contributed by atoms with Gasteiger partial charge in [0, 0.05) is 17.0 Å². The summed E-state index contributed by atoms with van der Waals surface area (Å²) in [6.45, 7) is 1.98. The van der Waals surface area contributed by atoms with E-state index in [1.807, 2.05) is 30.5 Å². The second kappa shape index (κ2) is 10.4. The van der Waals surface area contributed by atoms with Gasteiger partial charge in [-0.3, -0.25) is 4.79 Å². The molecule has 0 spiro atoms. The minimum absolute atomic E-state index is 0.121. The molecule has 0 saturated heterocycles. The zero-order valence-corrected chi connectivity index (χ0v) is 20.1. The number of carbonyl (C=O) groups excluding carboxylic acids is 1. The predicted molar refractivity (Wildman–Crippen MR) is 127 cm³/mol. The number of amides is 1. The summed E-state index contributed by atoms with van der Waals surface area (Å²) in [6, 6.07) is 5.98. The summed E-state index contributed by atoms with van der Waals surface area (Å²) >= 11 is 2.80. The quantitative estimate of drug-likeness (QED) is 0.462. The third-order valence-corrected chi connectivity index (χ3v) is 7.24. The molecule has 32 heavy (non-hydrogen) atoms. The van der Waals surface area contributed by atoms with Gasteiger partial charge in [-0.05, 0) is 38.0 Å². The van der Waals surface area contributed by atoms with Crippen molar-refractivity contribution in [3.05, 3.63) is 29.4 Å². The Kier molecular flexibility index (Phi) is 7.31. The van der Waals surface area contributed by atoms with Crippen LogP contribution >= 0.6 is 23.1 Å². The van der Waals surface area contributed by atoms with Crippen molar-refractivity contribution in [3.63, 3.8) is 0 Å². The summed E-state index contributed by atoms with van der Waals surface area (Å²) < 4.78 is 13.0. The highest BCUT2D eigenvalue weighted by molar-refractivity contribution is 7.99. The number of aromatic nitrogens is 4. The molecule has 1 amide bonds. The fourth-order valence-corrected chi connectivity index (χ4v) is 5.54. The molecule has 3 aromatic rings. The highest BCUT2D eigenvalue weighted by Crippen LogP contribution is 2.35. The fourth-order valence-electron chi connectivity index (χ4n) is 3.96.